The van der Waals surface area contributed by atoms with Crippen LogP contribution in [-0.2, 0) is 29.5 Å². The molecule has 53 heavy (non-hydrogen) atoms. The summed E-state index contributed by atoms with van der Waals surface area (Å²) in [7, 11) is -4.07. The molecule has 0 spiro atoms. The number of hydrogen-bond donors (Lipinski definition) is 3. The lowest BCUT2D eigenvalue weighted by molar-refractivity contribution is 0.0947. The molecule has 6 aromatic rings. The van der Waals surface area contributed by atoms with Gasteiger partial charge in [0, 0.05) is 41.3 Å². The summed E-state index contributed by atoms with van der Waals surface area (Å²) in [4.78, 5) is 13.1. The van der Waals surface area contributed by atoms with Gasteiger partial charge in [-0.3, -0.25) is 4.79 Å². The van der Waals surface area contributed by atoms with Crippen molar-refractivity contribution in [3.63, 3.8) is 0 Å². The average Bonchev–Trinajstić information content (AvgIpc) is 3.71. The molecule has 0 bridgehead atoms. The molecular formula is C41H42Cl2N4O5S. The van der Waals surface area contributed by atoms with Gasteiger partial charge in [0.1, 0.15) is 11.4 Å². The fourth-order valence-corrected chi connectivity index (χ4v) is 7.78. The summed E-state index contributed by atoms with van der Waals surface area (Å²) in [6.07, 6.45) is 1.28. The lowest BCUT2D eigenvalue weighted by Crippen LogP contribution is -2.37. The van der Waals surface area contributed by atoms with Crippen molar-refractivity contribution in [2.45, 2.75) is 46.0 Å². The highest BCUT2D eigenvalue weighted by Crippen LogP contribution is 2.34. The number of fused-ring (bicyclic) bond motifs is 1. The number of amides is 1. The maximum atomic E-state index is 13.4. The van der Waals surface area contributed by atoms with Crippen molar-refractivity contribution in [3.8, 4) is 5.75 Å². The van der Waals surface area contributed by atoms with Crippen molar-refractivity contribution in [1.29, 1.82) is 0 Å². The molecule has 0 saturated heterocycles. The van der Waals surface area contributed by atoms with E-state index in [9.17, 15) is 18.3 Å². The second-order valence-electron chi connectivity index (χ2n) is 13.0. The maximum absolute atomic E-state index is 13.4. The number of nitrogens with one attached hydrogen (secondary N) is 2. The number of ether oxygens (including phenoxy) is 1. The van der Waals surface area contributed by atoms with Gasteiger partial charge in [-0.2, -0.15) is 4.72 Å². The van der Waals surface area contributed by atoms with E-state index in [1.807, 2.05) is 114 Å². The third-order valence-electron chi connectivity index (χ3n) is 9.07. The number of aliphatic hydroxyl groups is 1. The molecule has 0 radical (unpaired) electrons. The van der Waals surface area contributed by atoms with Crippen molar-refractivity contribution in [3.05, 3.63) is 159 Å². The van der Waals surface area contributed by atoms with Crippen LogP contribution in [0.25, 0.3) is 10.9 Å². The third kappa shape index (κ3) is 9.51. The van der Waals surface area contributed by atoms with Gasteiger partial charge < -0.3 is 24.3 Å². The summed E-state index contributed by atoms with van der Waals surface area (Å²) < 4.78 is 39.2. The zero-order valence-corrected chi connectivity index (χ0v) is 31.9. The molecule has 2 aromatic heterocycles. The maximum Gasteiger partial charge on any atom is 0.267 e. The molecule has 6 rings (SSSR count). The second kappa shape index (κ2) is 17.0. The largest absolute Gasteiger partial charge is 0.494 e. The van der Waals surface area contributed by atoms with Gasteiger partial charge in [-0.25, -0.2) is 8.42 Å². The van der Waals surface area contributed by atoms with Crippen LogP contribution in [0.1, 0.15) is 56.6 Å². The van der Waals surface area contributed by atoms with Crippen LogP contribution in [0.3, 0.4) is 0 Å². The van der Waals surface area contributed by atoms with E-state index in [0.29, 0.717) is 59.7 Å². The van der Waals surface area contributed by atoms with Gasteiger partial charge in [-0.1, -0.05) is 89.9 Å². The molecule has 3 N–H and O–H groups in total. The predicted molar refractivity (Wildman–Crippen MR) is 211 cm³/mol. The fourth-order valence-electron chi connectivity index (χ4n) is 6.57. The quantitative estimate of drug-likeness (QED) is 0.0686. The van der Waals surface area contributed by atoms with Gasteiger partial charge >= 0.3 is 0 Å². The highest BCUT2D eigenvalue weighted by atomic mass is 35.5. The first-order valence-electron chi connectivity index (χ1n) is 17.4. The average molecular weight is 774 g/mol. The van der Waals surface area contributed by atoms with Crippen LogP contribution >= 0.6 is 23.2 Å². The number of rotatable bonds is 16. The predicted octanol–water partition coefficient (Wildman–Crippen LogP) is 7.81. The molecule has 2 heterocycles. The molecule has 9 nitrogen and oxygen atoms in total. The number of carbonyl (C=O) groups excluding carboxylic acids is 1. The molecule has 1 amide bonds. The van der Waals surface area contributed by atoms with Crippen LogP contribution < -0.4 is 14.8 Å². The van der Waals surface area contributed by atoms with Gasteiger partial charge in [0.15, 0.2) is 6.23 Å². The van der Waals surface area contributed by atoms with Gasteiger partial charge in [0.2, 0.25) is 10.0 Å². The summed E-state index contributed by atoms with van der Waals surface area (Å²) in [5.74, 6) is -0.120. The Kier molecular flexibility index (Phi) is 12.3. The molecule has 12 heteroatoms. The van der Waals surface area contributed by atoms with Crippen molar-refractivity contribution in [1.82, 2.24) is 19.2 Å². The lowest BCUT2D eigenvalue weighted by Gasteiger charge is -2.19. The van der Waals surface area contributed by atoms with E-state index in [2.05, 4.69) is 10.0 Å². The Morgan fingerprint density at radius 1 is 0.868 bits per heavy atom. The molecule has 0 saturated carbocycles. The minimum absolute atomic E-state index is 0.159. The summed E-state index contributed by atoms with van der Waals surface area (Å²) >= 11 is 12.8. The van der Waals surface area contributed by atoms with E-state index in [1.54, 1.807) is 18.2 Å². The van der Waals surface area contributed by atoms with E-state index < -0.39 is 27.9 Å². The number of aryl methyl sites for hydroxylation is 3. The molecule has 0 aliphatic heterocycles. The van der Waals surface area contributed by atoms with Gasteiger partial charge in [0.25, 0.3) is 5.91 Å². The molecule has 1 atom stereocenters. The highest BCUT2D eigenvalue weighted by molar-refractivity contribution is 7.89. The Morgan fingerprint density at radius 3 is 2.21 bits per heavy atom. The summed E-state index contributed by atoms with van der Waals surface area (Å²) in [6.45, 7) is 4.96. The second-order valence-corrected chi connectivity index (χ2v) is 15.7. The topological polar surface area (TPSA) is 115 Å². The summed E-state index contributed by atoms with van der Waals surface area (Å²) in [5.41, 5.74) is 6.22. The minimum atomic E-state index is -4.07. The van der Waals surface area contributed by atoms with Crippen molar-refractivity contribution in [2.75, 3.05) is 18.9 Å². The van der Waals surface area contributed by atoms with Crippen molar-refractivity contribution in [2.24, 2.45) is 0 Å². The van der Waals surface area contributed by atoms with Crippen LogP contribution in [0.5, 0.6) is 5.75 Å². The zero-order chi connectivity index (χ0) is 37.5. The van der Waals surface area contributed by atoms with E-state index >= 15 is 0 Å². The number of aliphatic hydroxyl groups excluding tert-OH is 1. The number of nitrogens with zero attached hydrogens (tertiary/aromatic N) is 2. The van der Waals surface area contributed by atoms with Crippen LogP contribution in [0.2, 0.25) is 10.0 Å². The number of aromatic nitrogens is 2. The smallest absolute Gasteiger partial charge is 0.267 e. The van der Waals surface area contributed by atoms with Crippen molar-refractivity contribution < 1.29 is 23.1 Å². The SMILES string of the molecule is Cc1cc(OCCCc2c(C(O)NS(=O)(=O)CCNC(=O)c3cccn3Cc3ccccc3)n(Cc3ccccc3)c3cc(Cl)ccc23)cc(C)c1Cl. The third-order valence-corrected chi connectivity index (χ3v) is 11.2. The molecular weight excluding hydrogens is 731 g/mol. The van der Waals surface area contributed by atoms with Crippen LogP contribution in [0.15, 0.2) is 109 Å². The Hall–Kier alpha value is -4.58. The first kappa shape index (κ1) is 38.2. The molecule has 1 unspecified atom stereocenters. The molecule has 276 valence electrons. The van der Waals surface area contributed by atoms with Crippen LogP contribution in [-0.4, -0.2) is 47.5 Å². The van der Waals surface area contributed by atoms with Gasteiger partial charge in [-0.05, 0) is 90.9 Å². The Labute approximate surface area is 320 Å². The van der Waals surface area contributed by atoms with E-state index in [-0.39, 0.29) is 6.54 Å². The standard InChI is InChI=1S/C41H42Cl2N4O5S/c1-28-23-33(24-29(2)38(28)43)52-21-10-15-35-34-18-17-32(42)25-37(34)47(27-31-13-7-4-8-14-31)39(35)41(49)45-53(50,51)22-19-44-40(48)36-16-9-20-46(36)26-30-11-5-3-6-12-30/h3-9,11-14,16-18,20,23-25,41,45,49H,10,15,19,21-22,26-27H2,1-2H3,(H,44,48). The number of hydrogen-bond acceptors (Lipinski definition) is 5. The highest BCUT2D eigenvalue weighted by Gasteiger charge is 2.27. The monoisotopic (exact) mass is 772 g/mol. The molecule has 0 fully saturated rings. The Morgan fingerprint density at radius 2 is 1.53 bits per heavy atom. The number of sulfonamides is 1. The van der Waals surface area contributed by atoms with Crippen molar-refractivity contribution >= 4 is 50.0 Å². The Balaban J connectivity index is 1.20. The summed E-state index contributed by atoms with van der Waals surface area (Å²) in [6, 6.07) is 32.2. The summed E-state index contributed by atoms with van der Waals surface area (Å²) in [5, 5.41) is 16.5. The number of halogens is 2. The molecule has 4 aromatic carbocycles. The number of carbonyl (C=O) groups is 1. The van der Waals surface area contributed by atoms with Gasteiger partial charge in [0.05, 0.1) is 23.6 Å². The van der Waals surface area contributed by atoms with Crippen LogP contribution in [0, 0.1) is 13.8 Å². The van der Waals surface area contributed by atoms with Crippen LogP contribution in [0.4, 0.5) is 0 Å². The lowest BCUT2D eigenvalue weighted by atomic mass is 10.0. The van der Waals surface area contributed by atoms with E-state index in [0.717, 1.165) is 38.7 Å². The normalized spacial score (nSPS) is 12.2. The fraction of sp³-hybridized carbons (Fsp3) is 0.244. The molecule has 0 aliphatic rings. The first-order chi connectivity index (χ1) is 25.5. The Bertz CT molecular complexity index is 2280. The zero-order valence-electron chi connectivity index (χ0n) is 29.6. The van der Waals surface area contributed by atoms with E-state index in [4.69, 9.17) is 27.9 Å². The molecule has 0 aliphatic carbocycles. The minimum Gasteiger partial charge on any atom is -0.494 e. The van der Waals surface area contributed by atoms with E-state index in [1.165, 1.54) is 0 Å². The number of benzene rings is 4. The van der Waals surface area contributed by atoms with Gasteiger partial charge in [-0.15, -0.1) is 0 Å². The first-order valence-corrected chi connectivity index (χ1v) is 19.8.